The maximum Gasteiger partial charge on any atom is 0.327 e. The van der Waals surface area contributed by atoms with E-state index in [4.69, 9.17) is 14.2 Å². The number of imidazole rings is 1. The molecule has 0 radical (unpaired) electrons. The summed E-state index contributed by atoms with van der Waals surface area (Å²) in [4.78, 5) is 20.8. The van der Waals surface area contributed by atoms with Gasteiger partial charge in [0.1, 0.15) is 15.6 Å². The minimum Gasteiger partial charge on any atom is -0.496 e. The standard InChI is InChI=1S/C25H27N3O6S/c1-5-34-24-22(33-3)14-13-18(26-24)20(15-35(4,30)31)28-19-11-8-10-17(23(19)27-25(28)29)16-9-6-7-12-21(16)32-2/h6-14,20H,5,15H2,1-4H3,(H,27,29). The molecular formula is C25H27N3O6S. The molecule has 0 fully saturated rings. The second-order valence-corrected chi connectivity index (χ2v) is 10.2. The third kappa shape index (κ3) is 4.88. The minimum atomic E-state index is -3.50. The fourth-order valence-electron chi connectivity index (χ4n) is 4.15. The molecule has 9 nitrogen and oxygen atoms in total. The summed E-state index contributed by atoms with van der Waals surface area (Å²) in [5, 5.41) is 0. The second kappa shape index (κ2) is 9.83. The van der Waals surface area contributed by atoms with Gasteiger partial charge in [0, 0.05) is 17.4 Å². The number of nitrogens with zero attached hydrogens (tertiary/aromatic N) is 2. The Morgan fingerprint density at radius 3 is 2.37 bits per heavy atom. The van der Waals surface area contributed by atoms with E-state index in [1.54, 1.807) is 25.3 Å². The predicted molar refractivity (Wildman–Crippen MR) is 134 cm³/mol. The smallest absolute Gasteiger partial charge is 0.327 e. The lowest BCUT2D eigenvalue weighted by Crippen LogP contribution is -2.29. The number of methoxy groups -OCH3 is 2. The van der Waals surface area contributed by atoms with Crippen molar-refractivity contribution in [2.75, 3.05) is 32.8 Å². The van der Waals surface area contributed by atoms with Gasteiger partial charge in [-0.05, 0) is 31.2 Å². The monoisotopic (exact) mass is 497 g/mol. The van der Waals surface area contributed by atoms with Gasteiger partial charge in [0.2, 0.25) is 0 Å². The number of hydrogen-bond acceptors (Lipinski definition) is 7. The van der Waals surface area contributed by atoms with Crippen LogP contribution in [0.3, 0.4) is 0 Å². The maximum absolute atomic E-state index is 13.3. The first-order valence-electron chi connectivity index (χ1n) is 11.0. The predicted octanol–water partition coefficient (Wildman–Crippen LogP) is 3.44. The Labute approximate surface area is 203 Å². The quantitative estimate of drug-likeness (QED) is 0.377. The normalized spacial score (nSPS) is 12.5. The number of sulfone groups is 1. The van der Waals surface area contributed by atoms with Gasteiger partial charge < -0.3 is 19.2 Å². The van der Waals surface area contributed by atoms with Crippen molar-refractivity contribution in [3.05, 3.63) is 70.8 Å². The number of hydrogen-bond donors (Lipinski definition) is 1. The zero-order valence-corrected chi connectivity index (χ0v) is 20.8. The Morgan fingerprint density at radius 2 is 1.69 bits per heavy atom. The second-order valence-electron chi connectivity index (χ2n) is 7.98. The highest BCUT2D eigenvalue weighted by Crippen LogP contribution is 2.35. The van der Waals surface area contributed by atoms with E-state index < -0.39 is 21.6 Å². The molecule has 0 aliphatic carbocycles. The molecule has 0 aliphatic rings. The van der Waals surface area contributed by atoms with Crippen molar-refractivity contribution in [3.63, 3.8) is 0 Å². The third-order valence-corrected chi connectivity index (χ3v) is 6.53. The Balaban J connectivity index is 1.96. The van der Waals surface area contributed by atoms with Gasteiger partial charge in [-0.2, -0.15) is 0 Å². The van der Waals surface area contributed by atoms with Gasteiger partial charge in [0.15, 0.2) is 5.75 Å². The van der Waals surface area contributed by atoms with Crippen molar-refractivity contribution >= 4 is 20.9 Å². The van der Waals surface area contributed by atoms with E-state index >= 15 is 0 Å². The van der Waals surface area contributed by atoms with E-state index in [2.05, 4.69) is 9.97 Å². The van der Waals surface area contributed by atoms with Crippen LogP contribution in [0.25, 0.3) is 22.2 Å². The molecule has 1 atom stereocenters. The highest BCUT2D eigenvalue weighted by atomic mass is 32.2. The van der Waals surface area contributed by atoms with E-state index in [9.17, 15) is 13.2 Å². The molecule has 0 spiro atoms. The van der Waals surface area contributed by atoms with E-state index in [0.717, 1.165) is 17.4 Å². The van der Waals surface area contributed by atoms with Crippen LogP contribution in [-0.2, 0) is 9.84 Å². The summed E-state index contributed by atoms with van der Waals surface area (Å²) in [6, 6.07) is 15.4. The SMILES string of the molecule is CCOc1nc(C(CS(C)(=O)=O)n2c(=O)[nH]c3c(-c4ccccc4OC)cccc32)ccc1OC. The number of rotatable bonds is 9. The number of aromatic nitrogens is 3. The summed E-state index contributed by atoms with van der Waals surface area (Å²) in [5.74, 6) is 0.968. The highest BCUT2D eigenvalue weighted by Gasteiger charge is 2.27. The van der Waals surface area contributed by atoms with Crippen LogP contribution in [0.4, 0.5) is 0 Å². The lowest BCUT2D eigenvalue weighted by molar-refractivity contribution is 0.296. The summed E-state index contributed by atoms with van der Waals surface area (Å²) in [7, 11) is -0.422. The van der Waals surface area contributed by atoms with Crippen LogP contribution in [0.1, 0.15) is 18.7 Å². The first kappa shape index (κ1) is 24.3. The van der Waals surface area contributed by atoms with Gasteiger partial charge in [-0.1, -0.05) is 30.3 Å². The molecule has 0 aliphatic heterocycles. The molecular weight excluding hydrogens is 470 g/mol. The van der Waals surface area contributed by atoms with Crippen molar-refractivity contribution in [2.24, 2.45) is 0 Å². The lowest BCUT2D eigenvalue weighted by atomic mass is 10.0. The molecule has 10 heteroatoms. The lowest BCUT2D eigenvalue weighted by Gasteiger charge is -2.19. The number of aromatic amines is 1. The van der Waals surface area contributed by atoms with Gasteiger partial charge in [0.25, 0.3) is 5.88 Å². The van der Waals surface area contributed by atoms with Crippen LogP contribution in [0.2, 0.25) is 0 Å². The number of nitrogens with one attached hydrogen (secondary N) is 1. The Morgan fingerprint density at radius 1 is 0.971 bits per heavy atom. The molecule has 0 amide bonds. The van der Waals surface area contributed by atoms with Crippen LogP contribution in [0.5, 0.6) is 17.4 Å². The van der Waals surface area contributed by atoms with E-state index in [1.807, 2.05) is 43.3 Å². The summed E-state index contributed by atoms with van der Waals surface area (Å²) < 4.78 is 42.7. The number of ether oxygens (including phenoxy) is 3. The average molecular weight is 498 g/mol. The number of para-hydroxylation sites is 2. The molecule has 2 aromatic heterocycles. The molecule has 1 unspecified atom stereocenters. The van der Waals surface area contributed by atoms with Crippen LogP contribution < -0.4 is 19.9 Å². The summed E-state index contributed by atoms with van der Waals surface area (Å²) in [6.45, 7) is 2.16. The first-order chi connectivity index (χ1) is 16.8. The zero-order valence-electron chi connectivity index (χ0n) is 19.9. The summed E-state index contributed by atoms with van der Waals surface area (Å²) in [6.07, 6.45) is 1.13. The molecule has 2 aromatic carbocycles. The molecule has 4 rings (SSSR count). The maximum atomic E-state index is 13.3. The zero-order chi connectivity index (χ0) is 25.2. The van der Waals surface area contributed by atoms with Gasteiger partial charge in [-0.15, -0.1) is 0 Å². The molecule has 0 saturated heterocycles. The molecule has 184 valence electrons. The summed E-state index contributed by atoms with van der Waals surface area (Å²) >= 11 is 0. The van der Waals surface area contributed by atoms with Crippen molar-refractivity contribution in [2.45, 2.75) is 13.0 Å². The first-order valence-corrected chi connectivity index (χ1v) is 13.1. The van der Waals surface area contributed by atoms with Gasteiger partial charge in [0.05, 0.1) is 49.3 Å². The van der Waals surface area contributed by atoms with E-state index in [1.165, 1.54) is 11.7 Å². The number of H-pyrrole nitrogens is 1. The van der Waals surface area contributed by atoms with Crippen molar-refractivity contribution in [3.8, 4) is 28.5 Å². The molecule has 0 saturated carbocycles. The fraction of sp³-hybridized carbons (Fsp3) is 0.280. The van der Waals surface area contributed by atoms with Crippen LogP contribution in [0.15, 0.2) is 59.4 Å². The molecule has 4 aromatic rings. The highest BCUT2D eigenvalue weighted by molar-refractivity contribution is 7.90. The summed E-state index contributed by atoms with van der Waals surface area (Å²) in [5.41, 5.74) is 2.58. The van der Waals surface area contributed by atoms with E-state index in [-0.39, 0.29) is 11.6 Å². The van der Waals surface area contributed by atoms with Crippen molar-refractivity contribution < 1.29 is 22.6 Å². The van der Waals surface area contributed by atoms with Crippen molar-refractivity contribution in [1.29, 1.82) is 0 Å². The molecule has 1 N–H and O–H groups in total. The fourth-order valence-corrected chi connectivity index (χ4v) is 5.05. The van der Waals surface area contributed by atoms with Crippen LogP contribution in [-0.4, -0.2) is 55.8 Å². The Hall–Kier alpha value is -3.79. The van der Waals surface area contributed by atoms with Gasteiger partial charge in [-0.25, -0.2) is 18.2 Å². The third-order valence-electron chi connectivity index (χ3n) is 5.61. The number of pyridine rings is 1. The van der Waals surface area contributed by atoms with Crippen molar-refractivity contribution in [1.82, 2.24) is 14.5 Å². The van der Waals surface area contributed by atoms with Gasteiger partial charge in [-0.3, -0.25) is 4.57 Å². The van der Waals surface area contributed by atoms with Gasteiger partial charge >= 0.3 is 5.69 Å². The number of benzene rings is 2. The largest absolute Gasteiger partial charge is 0.496 e. The molecule has 35 heavy (non-hydrogen) atoms. The Bertz CT molecular complexity index is 1520. The van der Waals surface area contributed by atoms with Crippen LogP contribution >= 0.6 is 0 Å². The Kier molecular flexibility index (Phi) is 6.83. The van der Waals surface area contributed by atoms with Crippen LogP contribution in [0, 0.1) is 0 Å². The number of fused-ring (bicyclic) bond motifs is 1. The topological polar surface area (TPSA) is 113 Å². The minimum absolute atomic E-state index is 0.230. The molecule has 2 heterocycles. The average Bonchev–Trinajstić information content (AvgIpc) is 3.17. The molecule has 0 bridgehead atoms. The van der Waals surface area contributed by atoms with E-state index in [0.29, 0.717) is 34.8 Å².